The van der Waals surface area contributed by atoms with Gasteiger partial charge in [-0.2, -0.15) is 0 Å². The number of nitrogens with one attached hydrogen (secondary N) is 2. The van der Waals surface area contributed by atoms with Gasteiger partial charge in [-0.1, -0.05) is 13.8 Å². The number of likely N-dealkylation sites (tertiary alicyclic amines) is 1. The van der Waals surface area contributed by atoms with Crippen LogP contribution < -0.4 is 11.2 Å². The molecule has 1 atom stereocenters. The van der Waals surface area contributed by atoms with Gasteiger partial charge in [0.15, 0.2) is 11.2 Å². The molecule has 25 heavy (non-hydrogen) atoms. The van der Waals surface area contributed by atoms with Crippen LogP contribution in [0.3, 0.4) is 0 Å². The Labute approximate surface area is 144 Å². The first-order valence-corrected chi connectivity index (χ1v) is 8.57. The fraction of sp³-hybridized carbons (Fsp3) is 0.625. The lowest BCUT2D eigenvalue weighted by atomic mass is 10.0. The molecular weight excluding hydrogens is 324 g/mol. The van der Waals surface area contributed by atoms with Crippen LogP contribution >= 0.6 is 0 Å². The van der Waals surface area contributed by atoms with Gasteiger partial charge in [0.2, 0.25) is 0 Å². The zero-order chi connectivity index (χ0) is 18.1. The highest BCUT2D eigenvalue weighted by molar-refractivity contribution is 5.86. The summed E-state index contributed by atoms with van der Waals surface area (Å²) in [5, 5.41) is 0. The number of fused-ring (bicyclic) bond motifs is 1. The Morgan fingerprint density at radius 3 is 2.60 bits per heavy atom. The van der Waals surface area contributed by atoms with Crippen molar-refractivity contribution in [3.63, 3.8) is 0 Å². The molecule has 9 nitrogen and oxygen atoms in total. The van der Waals surface area contributed by atoms with Crippen molar-refractivity contribution in [3.8, 4) is 0 Å². The number of imidazole rings is 1. The molecule has 1 unspecified atom stereocenters. The maximum absolute atomic E-state index is 12.8. The van der Waals surface area contributed by atoms with Crippen molar-refractivity contribution in [2.24, 2.45) is 5.92 Å². The third-order valence-corrected chi connectivity index (χ3v) is 4.81. The number of carbonyl (C=O) groups is 1. The molecule has 1 amide bonds. The fourth-order valence-corrected chi connectivity index (χ4v) is 3.44. The SMILES string of the molecule is CC(C)C(CN(C)C(=O)n1cnc2c(=O)[nH]c(=O)[nH]c21)N1CCCC1. The van der Waals surface area contributed by atoms with E-state index in [2.05, 4.69) is 33.7 Å². The molecule has 3 rings (SSSR count). The minimum atomic E-state index is -0.660. The molecule has 0 spiro atoms. The Kier molecular flexibility index (Phi) is 4.76. The predicted octanol–water partition coefficient (Wildman–Crippen LogP) is 0.433. The van der Waals surface area contributed by atoms with E-state index < -0.39 is 11.2 Å². The van der Waals surface area contributed by atoms with Gasteiger partial charge < -0.3 is 4.90 Å². The molecule has 0 bridgehead atoms. The summed E-state index contributed by atoms with van der Waals surface area (Å²) in [6, 6.07) is -0.0534. The van der Waals surface area contributed by atoms with Crippen LogP contribution in [-0.4, -0.2) is 68.1 Å². The highest BCUT2D eigenvalue weighted by atomic mass is 16.2. The number of rotatable bonds is 4. The van der Waals surface area contributed by atoms with E-state index in [9.17, 15) is 14.4 Å². The predicted molar refractivity (Wildman–Crippen MR) is 93.8 cm³/mol. The summed E-state index contributed by atoms with van der Waals surface area (Å²) in [6.07, 6.45) is 3.66. The Bertz CT molecular complexity index is 874. The molecule has 0 saturated carbocycles. The highest BCUT2D eigenvalue weighted by Crippen LogP contribution is 2.19. The van der Waals surface area contributed by atoms with Crippen molar-refractivity contribution in [3.05, 3.63) is 27.2 Å². The van der Waals surface area contributed by atoms with Crippen molar-refractivity contribution in [1.82, 2.24) is 29.3 Å². The zero-order valence-corrected chi connectivity index (χ0v) is 14.8. The number of likely N-dealkylation sites (N-methyl/N-ethyl adjacent to an activating group) is 1. The second-order valence-electron chi connectivity index (χ2n) is 6.94. The normalized spacial score (nSPS) is 16.6. The van der Waals surface area contributed by atoms with E-state index in [0.717, 1.165) is 13.1 Å². The van der Waals surface area contributed by atoms with Gasteiger partial charge in [-0.25, -0.2) is 19.1 Å². The van der Waals surface area contributed by atoms with Crippen LogP contribution in [-0.2, 0) is 0 Å². The quantitative estimate of drug-likeness (QED) is 0.833. The third-order valence-electron chi connectivity index (χ3n) is 4.81. The van der Waals surface area contributed by atoms with Crippen molar-refractivity contribution < 1.29 is 4.79 Å². The van der Waals surface area contributed by atoms with E-state index >= 15 is 0 Å². The molecule has 0 radical (unpaired) electrons. The molecule has 0 aromatic carbocycles. The lowest BCUT2D eigenvalue weighted by Crippen LogP contribution is -2.47. The molecule has 2 aromatic heterocycles. The standard InChI is InChI=1S/C16H24N6O3/c1-10(2)11(21-6-4-5-7-21)8-20(3)16(25)22-9-17-12-13(22)18-15(24)19-14(12)23/h9-11H,4-8H2,1-3H3,(H2,18,19,23,24). The number of hydrogen-bond acceptors (Lipinski definition) is 5. The van der Waals surface area contributed by atoms with E-state index in [1.807, 2.05) is 0 Å². The monoisotopic (exact) mass is 348 g/mol. The number of aromatic nitrogens is 4. The Balaban J connectivity index is 1.85. The topological polar surface area (TPSA) is 107 Å². The molecule has 2 N–H and O–H groups in total. The zero-order valence-electron chi connectivity index (χ0n) is 14.8. The van der Waals surface area contributed by atoms with Gasteiger partial charge in [-0.3, -0.25) is 19.7 Å². The van der Waals surface area contributed by atoms with E-state index in [-0.39, 0.29) is 23.2 Å². The summed E-state index contributed by atoms with van der Waals surface area (Å²) in [5.74, 6) is 0.413. The largest absolute Gasteiger partial charge is 0.330 e. The number of nitrogens with zero attached hydrogens (tertiary/aromatic N) is 4. The summed E-state index contributed by atoms with van der Waals surface area (Å²) >= 11 is 0. The van der Waals surface area contributed by atoms with Crippen molar-refractivity contribution in [2.45, 2.75) is 32.7 Å². The summed E-state index contributed by atoms with van der Waals surface area (Å²) in [5.41, 5.74) is -1.11. The highest BCUT2D eigenvalue weighted by Gasteiger charge is 2.28. The molecule has 1 aliphatic heterocycles. The molecule has 0 aliphatic carbocycles. The summed E-state index contributed by atoms with van der Waals surface area (Å²) in [7, 11) is 1.73. The summed E-state index contributed by atoms with van der Waals surface area (Å²) in [4.78, 5) is 48.6. The lowest BCUT2D eigenvalue weighted by Gasteiger charge is -2.34. The van der Waals surface area contributed by atoms with Crippen LogP contribution in [0.5, 0.6) is 0 Å². The maximum Gasteiger partial charge on any atom is 0.330 e. The summed E-state index contributed by atoms with van der Waals surface area (Å²) in [6.45, 7) is 7.00. The van der Waals surface area contributed by atoms with E-state index in [0.29, 0.717) is 12.5 Å². The lowest BCUT2D eigenvalue weighted by molar-refractivity contribution is 0.145. The number of hydrogen-bond donors (Lipinski definition) is 2. The first-order valence-electron chi connectivity index (χ1n) is 8.57. The second kappa shape index (κ2) is 6.83. The van der Waals surface area contributed by atoms with Crippen LogP contribution in [0.25, 0.3) is 11.2 Å². The van der Waals surface area contributed by atoms with Crippen LogP contribution in [0.1, 0.15) is 26.7 Å². The maximum atomic E-state index is 12.8. The van der Waals surface area contributed by atoms with Gasteiger partial charge in [0, 0.05) is 19.6 Å². The van der Waals surface area contributed by atoms with E-state index in [1.165, 1.54) is 23.7 Å². The van der Waals surface area contributed by atoms with Gasteiger partial charge in [-0.05, 0) is 31.8 Å². The molecule has 3 heterocycles. The van der Waals surface area contributed by atoms with Gasteiger partial charge in [0.05, 0.1) is 0 Å². The summed E-state index contributed by atoms with van der Waals surface area (Å²) < 4.78 is 1.22. The number of amides is 1. The smallest absolute Gasteiger partial charge is 0.325 e. The minimum Gasteiger partial charge on any atom is -0.325 e. The molecule has 2 aromatic rings. The molecule has 9 heteroatoms. The van der Waals surface area contributed by atoms with Gasteiger partial charge >= 0.3 is 11.7 Å². The van der Waals surface area contributed by atoms with Crippen LogP contribution in [0, 0.1) is 5.92 Å². The third kappa shape index (κ3) is 3.37. The first kappa shape index (κ1) is 17.4. The number of carbonyl (C=O) groups excluding carboxylic acids is 1. The van der Waals surface area contributed by atoms with Gasteiger partial charge in [0.1, 0.15) is 6.33 Å². The van der Waals surface area contributed by atoms with Gasteiger partial charge in [-0.15, -0.1) is 0 Å². The average Bonchev–Trinajstić information content (AvgIpc) is 3.20. The molecule has 1 fully saturated rings. The fourth-order valence-electron chi connectivity index (χ4n) is 3.44. The molecule has 1 saturated heterocycles. The van der Waals surface area contributed by atoms with E-state index in [1.54, 1.807) is 11.9 Å². The Hall–Kier alpha value is -2.42. The van der Waals surface area contributed by atoms with Crippen LogP contribution in [0.4, 0.5) is 4.79 Å². The minimum absolute atomic E-state index is 0.0429. The Morgan fingerprint density at radius 1 is 1.28 bits per heavy atom. The van der Waals surface area contributed by atoms with Crippen molar-refractivity contribution in [1.29, 1.82) is 0 Å². The van der Waals surface area contributed by atoms with Gasteiger partial charge in [0.25, 0.3) is 5.56 Å². The van der Waals surface area contributed by atoms with Crippen LogP contribution in [0.15, 0.2) is 15.9 Å². The molecule has 136 valence electrons. The average molecular weight is 348 g/mol. The van der Waals surface area contributed by atoms with Crippen molar-refractivity contribution >= 4 is 17.2 Å². The first-order chi connectivity index (χ1) is 11.9. The van der Waals surface area contributed by atoms with Crippen LogP contribution in [0.2, 0.25) is 0 Å². The van der Waals surface area contributed by atoms with E-state index in [4.69, 9.17) is 0 Å². The second-order valence-corrected chi connectivity index (χ2v) is 6.94. The molecular formula is C16H24N6O3. The number of aromatic amines is 2. The van der Waals surface area contributed by atoms with Crippen molar-refractivity contribution in [2.75, 3.05) is 26.7 Å². The Morgan fingerprint density at radius 2 is 1.96 bits per heavy atom. The number of H-pyrrole nitrogens is 2. The molecule has 1 aliphatic rings.